The number of carboxylic acids is 1. The van der Waals surface area contributed by atoms with Gasteiger partial charge in [0.2, 0.25) is 0 Å². The van der Waals surface area contributed by atoms with Gasteiger partial charge in [-0.2, -0.15) is 0 Å². The molecule has 1 aromatic carbocycles. The zero-order chi connectivity index (χ0) is 13.0. The van der Waals surface area contributed by atoms with Crippen LogP contribution in [0.2, 0.25) is 0 Å². The summed E-state index contributed by atoms with van der Waals surface area (Å²) in [6.07, 6.45) is 0.256. The molecule has 0 aliphatic rings. The van der Waals surface area contributed by atoms with Crippen molar-refractivity contribution in [2.75, 3.05) is 7.05 Å². The molecule has 0 unspecified atom stereocenters. The van der Waals surface area contributed by atoms with Crippen LogP contribution in [0.25, 0.3) is 0 Å². The lowest BCUT2D eigenvalue weighted by Crippen LogP contribution is -2.35. The number of carbonyl (C=O) groups is 2. The molecule has 0 heterocycles. The maximum absolute atomic E-state index is 11.2. The summed E-state index contributed by atoms with van der Waals surface area (Å²) < 4.78 is 0. The molecule has 0 radical (unpaired) electrons. The second kappa shape index (κ2) is 5.45. The number of aromatic hydroxyl groups is 1. The summed E-state index contributed by atoms with van der Waals surface area (Å²) in [7, 11) is 1.56. The van der Waals surface area contributed by atoms with Crippen LogP contribution < -0.4 is 5.32 Å². The first kappa shape index (κ1) is 13.2. The number of benzene rings is 1. The number of aliphatic carboxylic acids is 1. The van der Waals surface area contributed by atoms with Gasteiger partial charge in [-0.1, -0.05) is 6.07 Å². The monoisotopic (exact) mass is 237 g/mol. The lowest BCUT2D eigenvalue weighted by molar-refractivity contribution is -0.139. The molecule has 5 heteroatoms. The van der Waals surface area contributed by atoms with E-state index < -0.39 is 12.0 Å². The minimum absolute atomic E-state index is 0.0856. The van der Waals surface area contributed by atoms with Crippen molar-refractivity contribution in [1.29, 1.82) is 0 Å². The third-order valence-corrected chi connectivity index (χ3v) is 2.53. The van der Waals surface area contributed by atoms with Crippen LogP contribution in [0.4, 0.5) is 0 Å². The number of carbonyl (C=O) groups excluding carboxylic acids is 1. The van der Waals surface area contributed by atoms with E-state index in [0.717, 1.165) is 0 Å². The van der Waals surface area contributed by atoms with Crippen molar-refractivity contribution in [3.63, 3.8) is 0 Å². The van der Waals surface area contributed by atoms with Crippen LogP contribution in [0.15, 0.2) is 18.2 Å². The number of phenols is 1. The highest BCUT2D eigenvalue weighted by atomic mass is 16.4. The number of hydrogen-bond donors (Lipinski definition) is 3. The van der Waals surface area contributed by atoms with E-state index in [-0.39, 0.29) is 23.5 Å². The van der Waals surface area contributed by atoms with Crippen molar-refractivity contribution < 1.29 is 19.8 Å². The first-order valence-corrected chi connectivity index (χ1v) is 5.18. The Hall–Kier alpha value is -1.88. The fraction of sp³-hybridized carbons (Fsp3) is 0.333. The maximum atomic E-state index is 11.2. The van der Waals surface area contributed by atoms with Gasteiger partial charge in [-0.3, -0.25) is 9.59 Å². The van der Waals surface area contributed by atoms with Crippen molar-refractivity contribution in [2.24, 2.45) is 0 Å². The number of rotatable bonds is 5. The van der Waals surface area contributed by atoms with Gasteiger partial charge in [0.25, 0.3) is 0 Å². The predicted molar refractivity (Wildman–Crippen MR) is 62.3 cm³/mol. The molecule has 0 bridgehead atoms. The van der Waals surface area contributed by atoms with E-state index in [9.17, 15) is 14.7 Å². The molecule has 0 saturated carbocycles. The number of carboxylic acid groups (broad SMARTS) is 1. The van der Waals surface area contributed by atoms with Gasteiger partial charge in [0, 0.05) is 0 Å². The quantitative estimate of drug-likeness (QED) is 0.660. The number of nitrogens with one attached hydrogen (secondary N) is 1. The Kier molecular flexibility index (Phi) is 4.23. The van der Waals surface area contributed by atoms with E-state index in [2.05, 4.69) is 5.32 Å². The SMILES string of the molecule is CN[C@@H](Cc1ccc(O)c(C(C)=O)c1)C(=O)O. The summed E-state index contributed by atoms with van der Waals surface area (Å²) in [5.74, 6) is -1.29. The molecule has 0 aliphatic carbocycles. The molecule has 1 aromatic rings. The zero-order valence-electron chi connectivity index (χ0n) is 9.73. The van der Waals surface area contributed by atoms with Crippen molar-refractivity contribution in [1.82, 2.24) is 5.32 Å². The molecule has 0 aliphatic heterocycles. The summed E-state index contributed by atoms with van der Waals surface area (Å²) in [5.41, 5.74) is 0.900. The van der Waals surface area contributed by atoms with E-state index in [1.807, 2.05) is 0 Å². The fourth-order valence-corrected chi connectivity index (χ4v) is 1.54. The van der Waals surface area contributed by atoms with Crippen molar-refractivity contribution in [2.45, 2.75) is 19.4 Å². The van der Waals surface area contributed by atoms with Crippen LogP contribution in [0.1, 0.15) is 22.8 Å². The molecule has 17 heavy (non-hydrogen) atoms. The Morgan fingerprint density at radius 3 is 2.53 bits per heavy atom. The Morgan fingerprint density at radius 1 is 1.41 bits per heavy atom. The first-order chi connectivity index (χ1) is 7.95. The zero-order valence-corrected chi connectivity index (χ0v) is 9.73. The van der Waals surface area contributed by atoms with Crippen LogP contribution in [0.5, 0.6) is 5.75 Å². The Morgan fingerprint density at radius 2 is 2.06 bits per heavy atom. The van der Waals surface area contributed by atoms with Gasteiger partial charge in [-0.25, -0.2) is 0 Å². The number of ketones is 1. The fourth-order valence-electron chi connectivity index (χ4n) is 1.54. The highest BCUT2D eigenvalue weighted by Crippen LogP contribution is 2.19. The second-order valence-corrected chi connectivity index (χ2v) is 3.79. The predicted octanol–water partition coefficient (Wildman–Crippen LogP) is 0.810. The molecule has 3 N–H and O–H groups in total. The van der Waals surface area contributed by atoms with Crippen molar-refractivity contribution in [3.05, 3.63) is 29.3 Å². The second-order valence-electron chi connectivity index (χ2n) is 3.79. The molecule has 0 amide bonds. The van der Waals surface area contributed by atoms with Crippen LogP contribution in [0.3, 0.4) is 0 Å². The lowest BCUT2D eigenvalue weighted by Gasteiger charge is -2.12. The minimum atomic E-state index is -0.954. The average molecular weight is 237 g/mol. The van der Waals surface area contributed by atoms with E-state index in [0.29, 0.717) is 5.56 Å². The molecule has 92 valence electrons. The van der Waals surface area contributed by atoms with Gasteiger partial charge in [0.1, 0.15) is 11.8 Å². The first-order valence-electron chi connectivity index (χ1n) is 5.18. The smallest absolute Gasteiger partial charge is 0.321 e. The highest BCUT2D eigenvalue weighted by Gasteiger charge is 2.16. The molecular weight excluding hydrogens is 222 g/mol. The molecule has 0 saturated heterocycles. The minimum Gasteiger partial charge on any atom is -0.507 e. The largest absolute Gasteiger partial charge is 0.507 e. The standard InChI is InChI=1S/C12H15NO4/c1-7(14)9-5-8(3-4-11(9)15)6-10(13-2)12(16)17/h3-5,10,13,15H,6H2,1-2H3,(H,16,17)/t10-/m0/s1. The van der Waals surface area contributed by atoms with Crippen LogP contribution in [0, 0.1) is 0 Å². The number of phenolic OH excluding ortho intramolecular Hbond substituents is 1. The van der Waals surface area contributed by atoms with Gasteiger partial charge < -0.3 is 15.5 Å². The highest BCUT2D eigenvalue weighted by molar-refractivity contribution is 5.96. The van der Waals surface area contributed by atoms with Crippen molar-refractivity contribution >= 4 is 11.8 Å². The van der Waals surface area contributed by atoms with Crippen LogP contribution in [-0.4, -0.2) is 35.1 Å². The molecule has 1 rings (SSSR count). The molecule has 1 atom stereocenters. The molecule has 0 fully saturated rings. The summed E-state index contributed by atoms with van der Waals surface area (Å²) in [4.78, 5) is 22.1. The van der Waals surface area contributed by atoms with Crippen LogP contribution in [-0.2, 0) is 11.2 Å². The van der Waals surface area contributed by atoms with E-state index in [1.165, 1.54) is 19.1 Å². The van der Waals surface area contributed by atoms with Crippen molar-refractivity contribution in [3.8, 4) is 5.75 Å². The summed E-state index contributed by atoms with van der Waals surface area (Å²) >= 11 is 0. The lowest BCUT2D eigenvalue weighted by atomic mass is 10.0. The Balaban J connectivity index is 2.96. The summed E-state index contributed by atoms with van der Waals surface area (Å²) in [6.45, 7) is 1.35. The normalized spacial score (nSPS) is 12.1. The molecule has 5 nitrogen and oxygen atoms in total. The topological polar surface area (TPSA) is 86.6 Å². The number of hydrogen-bond acceptors (Lipinski definition) is 4. The average Bonchev–Trinajstić information content (AvgIpc) is 2.27. The van der Waals surface area contributed by atoms with Crippen LogP contribution >= 0.6 is 0 Å². The maximum Gasteiger partial charge on any atom is 0.321 e. The molecule has 0 spiro atoms. The van der Waals surface area contributed by atoms with E-state index >= 15 is 0 Å². The van der Waals surface area contributed by atoms with Gasteiger partial charge in [-0.15, -0.1) is 0 Å². The Labute approximate surface area is 99.1 Å². The summed E-state index contributed by atoms with van der Waals surface area (Å²) in [5, 5.41) is 21.0. The van der Waals surface area contributed by atoms with E-state index in [1.54, 1.807) is 13.1 Å². The molecular formula is C12H15NO4. The summed E-state index contributed by atoms with van der Waals surface area (Å²) in [6, 6.07) is 3.82. The van der Waals surface area contributed by atoms with E-state index in [4.69, 9.17) is 5.11 Å². The van der Waals surface area contributed by atoms with Gasteiger partial charge in [-0.05, 0) is 38.1 Å². The number of Topliss-reactive ketones (excluding diaryl/α,β-unsaturated/α-hetero) is 1. The third kappa shape index (κ3) is 3.29. The number of likely N-dealkylation sites (N-methyl/N-ethyl adjacent to an activating group) is 1. The van der Waals surface area contributed by atoms with Gasteiger partial charge in [0.05, 0.1) is 5.56 Å². The third-order valence-electron chi connectivity index (χ3n) is 2.53. The van der Waals surface area contributed by atoms with Gasteiger partial charge >= 0.3 is 5.97 Å². The Bertz CT molecular complexity index is 442. The van der Waals surface area contributed by atoms with Gasteiger partial charge in [0.15, 0.2) is 5.78 Å². The molecule has 0 aromatic heterocycles.